The minimum absolute atomic E-state index is 0.209. The SMILES string of the molecule is O=C(CC(=O)c1ccccc1)CC(=O)c1cccs1. The highest BCUT2D eigenvalue weighted by atomic mass is 32.1. The molecule has 0 spiro atoms. The zero-order valence-corrected chi connectivity index (χ0v) is 11.0. The standard InChI is InChI=1S/C15H12O3S/c16-12(10-14(18)15-7-4-8-19-15)9-13(17)11-5-2-1-3-6-11/h1-8H,9-10H2. The number of hydrogen-bond acceptors (Lipinski definition) is 4. The van der Waals surface area contributed by atoms with Crippen molar-refractivity contribution >= 4 is 28.7 Å². The first-order valence-corrected chi connectivity index (χ1v) is 6.71. The molecule has 19 heavy (non-hydrogen) atoms. The summed E-state index contributed by atoms with van der Waals surface area (Å²) in [6.07, 6.45) is -0.430. The molecule has 1 aromatic heterocycles. The second-order valence-corrected chi connectivity index (χ2v) is 5.03. The van der Waals surface area contributed by atoms with Crippen LogP contribution in [0.15, 0.2) is 47.8 Å². The van der Waals surface area contributed by atoms with Gasteiger partial charge in [-0.15, -0.1) is 11.3 Å². The van der Waals surface area contributed by atoms with Crippen molar-refractivity contribution in [2.24, 2.45) is 0 Å². The Balaban J connectivity index is 1.92. The first kappa shape index (κ1) is 13.4. The lowest BCUT2D eigenvalue weighted by molar-refractivity contribution is -0.117. The third-order valence-corrected chi connectivity index (χ3v) is 3.52. The van der Waals surface area contributed by atoms with E-state index in [1.807, 2.05) is 0 Å². The quantitative estimate of drug-likeness (QED) is 0.599. The van der Waals surface area contributed by atoms with Gasteiger partial charge in [0.2, 0.25) is 0 Å². The summed E-state index contributed by atoms with van der Waals surface area (Å²) in [6.45, 7) is 0. The lowest BCUT2D eigenvalue weighted by Crippen LogP contribution is -2.12. The van der Waals surface area contributed by atoms with E-state index in [-0.39, 0.29) is 30.2 Å². The van der Waals surface area contributed by atoms with Crippen LogP contribution < -0.4 is 0 Å². The number of benzene rings is 1. The molecule has 0 aliphatic heterocycles. The molecule has 0 atom stereocenters. The van der Waals surface area contributed by atoms with Crippen molar-refractivity contribution in [1.82, 2.24) is 0 Å². The normalized spacial score (nSPS) is 10.1. The van der Waals surface area contributed by atoms with E-state index < -0.39 is 0 Å². The molecule has 0 N–H and O–H groups in total. The Morgan fingerprint density at radius 1 is 0.842 bits per heavy atom. The summed E-state index contributed by atoms with van der Waals surface area (Å²) in [5.41, 5.74) is 0.499. The average molecular weight is 272 g/mol. The van der Waals surface area contributed by atoms with E-state index in [0.717, 1.165) is 0 Å². The molecule has 0 amide bonds. The van der Waals surface area contributed by atoms with Crippen LogP contribution in [0.1, 0.15) is 32.9 Å². The van der Waals surface area contributed by atoms with Crippen LogP contribution in [0.4, 0.5) is 0 Å². The Hall–Kier alpha value is -2.07. The number of ketones is 3. The average Bonchev–Trinajstić information content (AvgIpc) is 2.93. The van der Waals surface area contributed by atoms with Gasteiger partial charge in [0.15, 0.2) is 11.6 Å². The van der Waals surface area contributed by atoms with E-state index in [9.17, 15) is 14.4 Å². The fourth-order valence-electron chi connectivity index (χ4n) is 1.67. The molecule has 1 heterocycles. The Kier molecular flexibility index (Phi) is 4.36. The van der Waals surface area contributed by atoms with E-state index in [0.29, 0.717) is 10.4 Å². The Bertz CT molecular complexity index is 585. The smallest absolute Gasteiger partial charge is 0.180 e. The molecule has 0 saturated heterocycles. The van der Waals surface area contributed by atoms with Gasteiger partial charge in [-0.2, -0.15) is 0 Å². The molecule has 0 radical (unpaired) electrons. The molecule has 3 nitrogen and oxygen atoms in total. The van der Waals surface area contributed by atoms with Crippen molar-refractivity contribution < 1.29 is 14.4 Å². The molecule has 2 aromatic rings. The van der Waals surface area contributed by atoms with E-state index in [2.05, 4.69) is 0 Å². The van der Waals surface area contributed by atoms with Crippen LogP contribution in [0.3, 0.4) is 0 Å². The van der Waals surface area contributed by atoms with Gasteiger partial charge in [-0.1, -0.05) is 36.4 Å². The monoisotopic (exact) mass is 272 g/mol. The van der Waals surface area contributed by atoms with Crippen LogP contribution in [0.25, 0.3) is 0 Å². The minimum Gasteiger partial charge on any atom is -0.299 e. The van der Waals surface area contributed by atoms with Gasteiger partial charge in [0.25, 0.3) is 0 Å². The maximum absolute atomic E-state index is 11.8. The maximum atomic E-state index is 11.8. The summed E-state index contributed by atoms with van der Waals surface area (Å²) in [6, 6.07) is 12.1. The predicted molar refractivity (Wildman–Crippen MR) is 73.7 cm³/mol. The summed E-state index contributed by atoms with van der Waals surface area (Å²) in [5, 5.41) is 1.78. The number of carbonyl (C=O) groups is 3. The zero-order valence-electron chi connectivity index (χ0n) is 10.2. The van der Waals surface area contributed by atoms with E-state index in [1.165, 1.54) is 11.3 Å². The van der Waals surface area contributed by atoms with Gasteiger partial charge >= 0.3 is 0 Å². The topological polar surface area (TPSA) is 51.2 Å². The molecule has 2 rings (SSSR count). The van der Waals surface area contributed by atoms with Gasteiger partial charge in [0, 0.05) is 5.56 Å². The number of Topliss-reactive ketones (excluding diaryl/α,β-unsaturated/α-hetero) is 3. The van der Waals surface area contributed by atoms with Crippen molar-refractivity contribution in [3.63, 3.8) is 0 Å². The fourth-order valence-corrected chi connectivity index (χ4v) is 2.34. The predicted octanol–water partition coefficient (Wildman–Crippen LogP) is 3.16. The lowest BCUT2D eigenvalue weighted by atomic mass is 10.0. The van der Waals surface area contributed by atoms with Crippen molar-refractivity contribution in [1.29, 1.82) is 0 Å². The first-order chi connectivity index (χ1) is 9.16. The third kappa shape index (κ3) is 3.69. The highest BCUT2D eigenvalue weighted by Gasteiger charge is 2.16. The van der Waals surface area contributed by atoms with Gasteiger partial charge in [0.05, 0.1) is 17.7 Å². The van der Waals surface area contributed by atoms with Crippen LogP contribution in [-0.4, -0.2) is 17.3 Å². The zero-order chi connectivity index (χ0) is 13.7. The van der Waals surface area contributed by atoms with Crippen LogP contribution in [0.2, 0.25) is 0 Å². The first-order valence-electron chi connectivity index (χ1n) is 5.83. The van der Waals surface area contributed by atoms with Crippen molar-refractivity contribution in [2.45, 2.75) is 12.8 Å². The van der Waals surface area contributed by atoms with E-state index in [4.69, 9.17) is 0 Å². The van der Waals surface area contributed by atoms with Crippen molar-refractivity contribution in [2.75, 3.05) is 0 Å². The molecule has 96 valence electrons. The Morgan fingerprint density at radius 2 is 1.53 bits per heavy atom. The van der Waals surface area contributed by atoms with Crippen LogP contribution in [-0.2, 0) is 4.79 Å². The summed E-state index contributed by atoms with van der Waals surface area (Å²) in [5.74, 6) is -0.808. The van der Waals surface area contributed by atoms with Crippen LogP contribution >= 0.6 is 11.3 Å². The molecule has 1 aromatic carbocycles. The highest BCUT2D eigenvalue weighted by Crippen LogP contribution is 2.12. The fraction of sp³-hybridized carbons (Fsp3) is 0.133. The molecule has 0 unspecified atom stereocenters. The third-order valence-electron chi connectivity index (χ3n) is 2.61. The molecule has 0 aliphatic rings. The van der Waals surface area contributed by atoms with E-state index >= 15 is 0 Å². The number of thiophene rings is 1. The maximum Gasteiger partial charge on any atom is 0.180 e. The summed E-state index contributed by atoms with van der Waals surface area (Å²) in [7, 11) is 0. The van der Waals surface area contributed by atoms with Gasteiger partial charge in [-0.25, -0.2) is 0 Å². The second kappa shape index (κ2) is 6.20. The van der Waals surface area contributed by atoms with Gasteiger partial charge in [0.1, 0.15) is 5.78 Å². The molecule has 0 bridgehead atoms. The van der Waals surface area contributed by atoms with Gasteiger partial charge < -0.3 is 0 Å². The van der Waals surface area contributed by atoms with Crippen LogP contribution in [0, 0.1) is 0 Å². The Labute approximate surface area is 114 Å². The van der Waals surface area contributed by atoms with Crippen LogP contribution in [0.5, 0.6) is 0 Å². The lowest BCUT2D eigenvalue weighted by Gasteiger charge is -2.00. The second-order valence-electron chi connectivity index (χ2n) is 4.08. The Morgan fingerprint density at radius 3 is 2.16 bits per heavy atom. The molecule has 0 saturated carbocycles. The van der Waals surface area contributed by atoms with Gasteiger partial charge in [-0.3, -0.25) is 14.4 Å². The number of rotatable bonds is 6. The summed E-state index contributed by atoms with van der Waals surface area (Å²) >= 11 is 1.30. The minimum atomic E-state index is -0.341. The van der Waals surface area contributed by atoms with E-state index in [1.54, 1.807) is 47.8 Å². The number of hydrogen-bond donors (Lipinski definition) is 0. The number of carbonyl (C=O) groups excluding carboxylic acids is 3. The molecule has 0 aliphatic carbocycles. The summed E-state index contributed by atoms with van der Waals surface area (Å²) in [4.78, 5) is 35.8. The largest absolute Gasteiger partial charge is 0.299 e. The molecular weight excluding hydrogens is 260 g/mol. The van der Waals surface area contributed by atoms with Crippen molar-refractivity contribution in [3.8, 4) is 0 Å². The molecule has 4 heteroatoms. The van der Waals surface area contributed by atoms with Crippen molar-refractivity contribution in [3.05, 3.63) is 58.3 Å². The highest BCUT2D eigenvalue weighted by molar-refractivity contribution is 7.12. The molecular formula is C15H12O3S. The van der Waals surface area contributed by atoms with Gasteiger partial charge in [-0.05, 0) is 11.4 Å². The summed E-state index contributed by atoms with van der Waals surface area (Å²) < 4.78 is 0. The molecule has 0 fully saturated rings.